The minimum Gasteiger partial charge on any atom is -0.353 e. The lowest BCUT2D eigenvalue weighted by Gasteiger charge is -2.39. The number of piperidine rings is 1. The Morgan fingerprint density at radius 1 is 1.12 bits per heavy atom. The number of aromatic nitrogens is 3. The Morgan fingerprint density at radius 3 is 2.67 bits per heavy atom. The third-order valence-corrected chi connectivity index (χ3v) is 7.27. The van der Waals surface area contributed by atoms with Gasteiger partial charge in [-0.1, -0.05) is 40.5 Å². The fourth-order valence-electron chi connectivity index (χ4n) is 4.97. The standard InChI is InChI=1S/C24H25Cl2N5O2/c25-19-7-4-15(11-20(19)26)14-31-17-5-6-18(31)13-16(12-17)28-22(32)8-9-23-29-24(30-33-23)21-3-1-2-10-27-21/h1-4,7,10-11,16-18H,5-6,8-9,12-14H2,(H,28,32). The largest absolute Gasteiger partial charge is 0.353 e. The summed E-state index contributed by atoms with van der Waals surface area (Å²) in [4.78, 5) is 23.7. The van der Waals surface area contributed by atoms with Gasteiger partial charge in [0.15, 0.2) is 0 Å². The average Bonchev–Trinajstić information content (AvgIpc) is 3.37. The molecule has 2 atom stereocenters. The van der Waals surface area contributed by atoms with Crippen LogP contribution in [0.2, 0.25) is 10.0 Å². The number of aryl methyl sites for hydroxylation is 1. The number of pyridine rings is 1. The van der Waals surface area contributed by atoms with Crippen molar-refractivity contribution in [3.8, 4) is 11.5 Å². The van der Waals surface area contributed by atoms with Crippen LogP contribution in [-0.4, -0.2) is 44.1 Å². The van der Waals surface area contributed by atoms with Gasteiger partial charge in [0.1, 0.15) is 5.69 Å². The lowest BCUT2D eigenvalue weighted by molar-refractivity contribution is -0.122. The number of benzene rings is 1. The van der Waals surface area contributed by atoms with Gasteiger partial charge in [0.25, 0.3) is 0 Å². The highest BCUT2D eigenvalue weighted by Gasteiger charge is 2.40. The second kappa shape index (κ2) is 9.79. The average molecular weight is 486 g/mol. The van der Waals surface area contributed by atoms with Crippen molar-refractivity contribution in [2.45, 2.75) is 63.2 Å². The van der Waals surface area contributed by atoms with Gasteiger partial charge >= 0.3 is 0 Å². The summed E-state index contributed by atoms with van der Waals surface area (Å²) < 4.78 is 5.28. The molecule has 33 heavy (non-hydrogen) atoms. The second-order valence-corrected chi connectivity index (χ2v) is 9.58. The molecule has 9 heteroatoms. The van der Waals surface area contributed by atoms with Gasteiger partial charge in [-0.15, -0.1) is 0 Å². The predicted octanol–water partition coefficient (Wildman–Crippen LogP) is 4.68. The number of hydrogen-bond donors (Lipinski definition) is 1. The molecule has 0 spiro atoms. The van der Waals surface area contributed by atoms with Crippen molar-refractivity contribution < 1.29 is 9.32 Å². The number of halogens is 2. The molecule has 5 rings (SSSR count). The van der Waals surface area contributed by atoms with Crippen LogP contribution in [0.3, 0.4) is 0 Å². The summed E-state index contributed by atoms with van der Waals surface area (Å²) >= 11 is 12.2. The van der Waals surface area contributed by atoms with Crippen LogP contribution in [0.4, 0.5) is 0 Å². The molecular weight excluding hydrogens is 461 g/mol. The van der Waals surface area contributed by atoms with Crippen LogP contribution in [-0.2, 0) is 17.8 Å². The third kappa shape index (κ3) is 5.21. The summed E-state index contributed by atoms with van der Waals surface area (Å²) in [5.41, 5.74) is 1.83. The Balaban J connectivity index is 1.11. The molecule has 1 N–H and O–H groups in total. The van der Waals surface area contributed by atoms with E-state index < -0.39 is 0 Å². The van der Waals surface area contributed by atoms with E-state index in [0.29, 0.717) is 52.4 Å². The molecule has 172 valence electrons. The number of rotatable bonds is 7. The van der Waals surface area contributed by atoms with Crippen molar-refractivity contribution in [2.24, 2.45) is 0 Å². The molecule has 4 heterocycles. The van der Waals surface area contributed by atoms with Crippen LogP contribution >= 0.6 is 23.2 Å². The maximum absolute atomic E-state index is 12.6. The Morgan fingerprint density at radius 2 is 1.94 bits per heavy atom. The number of carbonyl (C=O) groups excluding carboxylic acids is 1. The Hall–Kier alpha value is -2.48. The van der Waals surface area contributed by atoms with E-state index in [1.807, 2.05) is 36.4 Å². The van der Waals surface area contributed by atoms with Crippen molar-refractivity contribution in [3.63, 3.8) is 0 Å². The van der Waals surface area contributed by atoms with Crippen molar-refractivity contribution in [2.75, 3.05) is 0 Å². The first-order valence-corrected chi connectivity index (χ1v) is 12.0. The number of nitrogens with one attached hydrogen (secondary N) is 1. The molecule has 2 aromatic heterocycles. The van der Waals surface area contributed by atoms with Gasteiger partial charge in [-0.05, 0) is 55.5 Å². The maximum atomic E-state index is 12.6. The zero-order valence-corrected chi connectivity index (χ0v) is 19.6. The molecule has 1 aromatic carbocycles. The highest BCUT2D eigenvalue weighted by molar-refractivity contribution is 6.42. The van der Waals surface area contributed by atoms with E-state index in [1.165, 1.54) is 5.56 Å². The monoisotopic (exact) mass is 485 g/mol. The van der Waals surface area contributed by atoms with Gasteiger partial charge in [-0.25, -0.2) is 0 Å². The van der Waals surface area contributed by atoms with Crippen LogP contribution < -0.4 is 5.32 Å². The van der Waals surface area contributed by atoms with E-state index in [-0.39, 0.29) is 11.9 Å². The number of fused-ring (bicyclic) bond motifs is 2. The zero-order chi connectivity index (χ0) is 22.8. The predicted molar refractivity (Wildman–Crippen MR) is 126 cm³/mol. The van der Waals surface area contributed by atoms with Crippen LogP contribution in [0.5, 0.6) is 0 Å². The minimum absolute atomic E-state index is 0.0231. The van der Waals surface area contributed by atoms with Gasteiger partial charge in [-0.2, -0.15) is 4.98 Å². The molecule has 2 aliphatic rings. The number of amides is 1. The quantitative estimate of drug-likeness (QED) is 0.522. The molecule has 0 aliphatic carbocycles. The molecule has 1 amide bonds. The molecule has 0 radical (unpaired) electrons. The summed E-state index contributed by atoms with van der Waals surface area (Å²) in [7, 11) is 0. The number of nitrogens with zero attached hydrogens (tertiary/aromatic N) is 4. The summed E-state index contributed by atoms with van der Waals surface area (Å²) in [6, 6.07) is 12.5. The molecule has 2 saturated heterocycles. The van der Waals surface area contributed by atoms with Gasteiger partial charge in [0.05, 0.1) is 10.0 Å². The smallest absolute Gasteiger partial charge is 0.227 e. The molecule has 2 bridgehead atoms. The van der Waals surface area contributed by atoms with Gasteiger partial charge in [-0.3, -0.25) is 14.7 Å². The van der Waals surface area contributed by atoms with Crippen molar-refractivity contribution in [1.29, 1.82) is 0 Å². The van der Waals surface area contributed by atoms with E-state index in [4.69, 9.17) is 27.7 Å². The third-order valence-electron chi connectivity index (χ3n) is 6.53. The zero-order valence-electron chi connectivity index (χ0n) is 18.1. The van der Waals surface area contributed by atoms with E-state index in [1.54, 1.807) is 6.20 Å². The molecule has 0 saturated carbocycles. The van der Waals surface area contributed by atoms with Crippen molar-refractivity contribution in [1.82, 2.24) is 25.3 Å². The van der Waals surface area contributed by atoms with Gasteiger partial charge in [0.2, 0.25) is 17.6 Å². The first-order valence-electron chi connectivity index (χ1n) is 11.3. The molecule has 7 nitrogen and oxygen atoms in total. The van der Waals surface area contributed by atoms with Crippen LogP contribution in [0.25, 0.3) is 11.5 Å². The highest BCUT2D eigenvalue weighted by atomic mass is 35.5. The molecular formula is C24H25Cl2N5O2. The van der Waals surface area contributed by atoms with Crippen LogP contribution in [0.15, 0.2) is 47.1 Å². The van der Waals surface area contributed by atoms with E-state index in [2.05, 4.69) is 25.3 Å². The highest BCUT2D eigenvalue weighted by Crippen LogP contribution is 2.37. The Kier molecular flexibility index (Phi) is 6.62. The number of hydrogen-bond acceptors (Lipinski definition) is 6. The van der Waals surface area contributed by atoms with Crippen molar-refractivity contribution in [3.05, 3.63) is 64.1 Å². The Labute approximate surface area is 202 Å². The summed E-state index contributed by atoms with van der Waals surface area (Å²) in [6.07, 6.45) is 6.67. The first kappa shape index (κ1) is 22.3. The molecule has 2 unspecified atom stereocenters. The van der Waals surface area contributed by atoms with Gasteiger partial charge < -0.3 is 9.84 Å². The van der Waals surface area contributed by atoms with E-state index >= 15 is 0 Å². The second-order valence-electron chi connectivity index (χ2n) is 8.77. The molecule has 3 aromatic rings. The topological polar surface area (TPSA) is 84.1 Å². The summed E-state index contributed by atoms with van der Waals surface area (Å²) in [6.45, 7) is 0.864. The summed E-state index contributed by atoms with van der Waals surface area (Å²) in [5.74, 6) is 0.911. The minimum atomic E-state index is 0.0231. The van der Waals surface area contributed by atoms with Crippen LogP contribution in [0.1, 0.15) is 43.6 Å². The SMILES string of the molecule is O=C(CCc1nc(-c2ccccn2)no1)NC1CC2CCC(C1)N2Cc1ccc(Cl)c(Cl)c1. The van der Waals surface area contributed by atoms with Gasteiger partial charge in [0, 0.05) is 43.7 Å². The lowest BCUT2D eigenvalue weighted by atomic mass is 9.96. The fourth-order valence-corrected chi connectivity index (χ4v) is 5.30. The van der Waals surface area contributed by atoms with E-state index in [9.17, 15) is 4.79 Å². The number of carbonyl (C=O) groups is 1. The fraction of sp³-hybridized carbons (Fsp3) is 0.417. The maximum Gasteiger partial charge on any atom is 0.227 e. The normalized spacial score (nSPS) is 22.4. The molecule has 2 fully saturated rings. The van der Waals surface area contributed by atoms with Crippen molar-refractivity contribution >= 4 is 29.1 Å². The Bertz CT molecular complexity index is 1110. The summed E-state index contributed by atoms with van der Waals surface area (Å²) in [5, 5.41) is 8.36. The first-order chi connectivity index (χ1) is 16.0. The molecule has 2 aliphatic heterocycles. The lowest BCUT2D eigenvalue weighted by Crippen LogP contribution is -2.50. The van der Waals surface area contributed by atoms with E-state index in [0.717, 1.165) is 32.2 Å². The van der Waals surface area contributed by atoms with Crippen LogP contribution in [0, 0.1) is 0 Å².